The Hall–Kier alpha value is -1.30. The first kappa shape index (κ1) is 15.8. The summed E-state index contributed by atoms with van der Waals surface area (Å²) >= 11 is 0. The van der Waals surface area contributed by atoms with Gasteiger partial charge in [-0.05, 0) is 33.9 Å². The molecule has 0 spiro atoms. The Morgan fingerprint density at radius 1 is 1.47 bits per heavy atom. The van der Waals surface area contributed by atoms with Gasteiger partial charge in [-0.25, -0.2) is 4.79 Å². The fraction of sp³-hybridized carbons (Fsp3) is 0.846. The molecule has 1 heterocycles. The van der Waals surface area contributed by atoms with Crippen molar-refractivity contribution in [2.24, 2.45) is 5.41 Å². The number of rotatable bonds is 5. The molecule has 1 fully saturated rings. The molecule has 0 aromatic carbocycles. The summed E-state index contributed by atoms with van der Waals surface area (Å²) in [5.41, 5.74) is -0.762. The van der Waals surface area contributed by atoms with Crippen LogP contribution in [-0.4, -0.2) is 66.7 Å². The van der Waals surface area contributed by atoms with E-state index in [2.05, 4.69) is 5.32 Å². The minimum Gasteiger partial charge on any atom is -0.481 e. The zero-order valence-corrected chi connectivity index (χ0v) is 12.3. The topological polar surface area (TPSA) is 72.9 Å². The van der Waals surface area contributed by atoms with E-state index in [1.165, 1.54) is 0 Å². The lowest BCUT2D eigenvalue weighted by Gasteiger charge is -2.25. The van der Waals surface area contributed by atoms with Crippen molar-refractivity contribution in [3.05, 3.63) is 0 Å². The first-order valence-electron chi connectivity index (χ1n) is 6.74. The summed E-state index contributed by atoms with van der Waals surface area (Å²) in [7, 11) is 3.90. The van der Waals surface area contributed by atoms with Gasteiger partial charge in [0.25, 0.3) is 0 Å². The Morgan fingerprint density at radius 3 is 2.53 bits per heavy atom. The second-order valence-corrected chi connectivity index (χ2v) is 5.72. The molecule has 110 valence electrons. The highest BCUT2D eigenvalue weighted by atomic mass is 16.4. The van der Waals surface area contributed by atoms with Gasteiger partial charge in [0.05, 0.1) is 5.41 Å². The zero-order chi connectivity index (χ0) is 14.6. The van der Waals surface area contributed by atoms with Crippen LogP contribution in [0.1, 0.15) is 26.7 Å². The summed E-state index contributed by atoms with van der Waals surface area (Å²) < 4.78 is 0. The average Bonchev–Trinajstić information content (AvgIpc) is 2.73. The minimum absolute atomic E-state index is 0.0453. The number of hydrogen-bond acceptors (Lipinski definition) is 3. The van der Waals surface area contributed by atoms with Gasteiger partial charge in [-0.3, -0.25) is 4.79 Å². The van der Waals surface area contributed by atoms with Gasteiger partial charge in [0.1, 0.15) is 0 Å². The molecule has 0 bridgehead atoms. The number of likely N-dealkylation sites (tertiary alicyclic amines) is 1. The van der Waals surface area contributed by atoms with Crippen LogP contribution in [0.4, 0.5) is 4.79 Å². The molecular weight excluding hydrogens is 246 g/mol. The van der Waals surface area contributed by atoms with Crippen molar-refractivity contribution < 1.29 is 14.7 Å². The summed E-state index contributed by atoms with van der Waals surface area (Å²) in [6.45, 7) is 5.39. The number of carboxylic acids is 1. The van der Waals surface area contributed by atoms with E-state index in [4.69, 9.17) is 0 Å². The monoisotopic (exact) mass is 271 g/mol. The van der Waals surface area contributed by atoms with Crippen molar-refractivity contribution in [2.75, 3.05) is 33.7 Å². The summed E-state index contributed by atoms with van der Waals surface area (Å²) in [6, 6.07) is -0.116. The van der Waals surface area contributed by atoms with Crippen molar-refractivity contribution in [3.63, 3.8) is 0 Å². The molecule has 0 radical (unpaired) electrons. The van der Waals surface area contributed by atoms with Crippen molar-refractivity contribution in [3.8, 4) is 0 Å². The number of urea groups is 1. The predicted octanol–water partition coefficient (Wildman–Crippen LogP) is 0.833. The molecular formula is C13H25N3O3. The van der Waals surface area contributed by atoms with Crippen LogP contribution in [0.3, 0.4) is 0 Å². The molecule has 1 rings (SSSR count). The average molecular weight is 271 g/mol. The van der Waals surface area contributed by atoms with E-state index in [0.717, 1.165) is 6.54 Å². The first-order chi connectivity index (χ1) is 8.80. The number of hydrogen-bond donors (Lipinski definition) is 2. The maximum absolute atomic E-state index is 12.1. The SMILES string of the molecule is CCC1(C(=O)O)CCN(C(=O)NC(C)CN(C)C)C1. The number of amides is 2. The minimum atomic E-state index is -0.799. The van der Waals surface area contributed by atoms with Crippen molar-refractivity contribution in [2.45, 2.75) is 32.7 Å². The second kappa shape index (κ2) is 6.23. The molecule has 0 aromatic heterocycles. The molecule has 2 amide bonds. The van der Waals surface area contributed by atoms with E-state index in [-0.39, 0.29) is 12.1 Å². The van der Waals surface area contributed by atoms with Crippen LogP contribution in [0, 0.1) is 5.41 Å². The Balaban J connectivity index is 2.54. The number of carboxylic acid groups (broad SMARTS) is 1. The highest BCUT2D eigenvalue weighted by Gasteiger charge is 2.44. The number of likely N-dealkylation sites (N-methyl/N-ethyl adjacent to an activating group) is 1. The number of carbonyl (C=O) groups excluding carboxylic acids is 1. The third kappa shape index (κ3) is 3.83. The van der Waals surface area contributed by atoms with Crippen LogP contribution < -0.4 is 5.32 Å². The summed E-state index contributed by atoms with van der Waals surface area (Å²) in [4.78, 5) is 27.0. The maximum atomic E-state index is 12.1. The number of nitrogens with one attached hydrogen (secondary N) is 1. The third-order valence-corrected chi connectivity index (χ3v) is 3.78. The number of nitrogens with zero attached hydrogens (tertiary/aromatic N) is 2. The van der Waals surface area contributed by atoms with Crippen molar-refractivity contribution in [1.29, 1.82) is 0 Å². The molecule has 1 saturated heterocycles. The molecule has 0 saturated carbocycles. The highest BCUT2D eigenvalue weighted by molar-refractivity contribution is 5.79. The lowest BCUT2D eigenvalue weighted by molar-refractivity contribution is -0.148. The van der Waals surface area contributed by atoms with Gasteiger partial charge in [-0.15, -0.1) is 0 Å². The van der Waals surface area contributed by atoms with Crippen LogP contribution in [0.25, 0.3) is 0 Å². The van der Waals surface area contributed by atoms with Gasteiger partial charge in [0.2, 0.25) is 0 Å². The molecule has 1 aliphatic rings. The van der Waals surface area contributed by atoms with Crippen molar-refractivity contribution >= 4 is 12.0 Å². The Kier molecular flexibility index (Phi) is 5.17. The van der Waals surface area contributed by atoms with Gasteiger partial charge >= 0.3 is 12.0 Å². The Morgan fingerprint density at radius 2 is 2.11 bits per heavy atom. The fourth-order valence-electron chi connectivity index (χ4n) is 2.56. The van der Waals surface area contributed by atoms with E-state index < -0.39 is 11.4 Å². The van der Waals surface area contributed by atoms with Gasteiger partial charge < -0.3 is 20.2 Å². The summed E-state index contributed by atoms with van der Waals surface area (Å²) in [5, 5.41) is 12.2. The third-order valence-electron chi connectivity index (χ3n) is 3.78. The van der Waals surface area contributed by atoms with E-state index in [1.807, 2.05) is 32.8 Å². The number of aliphatic carboxylic acids is 1. The van der Waals surface area contributed by atoms with Crippen LogP contribution >= 0.6 is 0 Å². The number of carbonyl (C=O) groups is 2. The largest absolute Gasteiger partial charge is 0.481 e. The fourth-order valence-corrected chi connectivity index (χ4v) is 2.56. The second-order valence-electron chi connectivity index (χ2n) is 5.72. The van der Waals surface area contributed by atoms with E-state index >= 15 is 0 Å². The zero-order valence-electron chi connectivity index (χ0n) is 12.3. The molecule has 0 aromatic rings. The van der Waals surface area contributed by atoms with Crippen LogP contribution in [0.5, 0.6) is 0 Å². The van der Waals surface area contributed by atoms with Gasteiger partial charge in [-0.1, -0.05) is 6.92 Å². The molecule has 2 atom stereocenters. The Labute approximate surface area is 114 Å². The van der Waals surface area contributed by atoms with E-state index in [0.29, 0.717) is 25.9 Å². The van der Waals surface area contributed by atoms with Crippen LogP contribution in [-0.2, 0) is 4.79 Å². The molecule has 19 heavy (non-hydrogen) atoms. The molecule has 0 aliphatic carbocycles. The van der Waals surface area contributed by atoms with Gasteiger partial charge in [-0.2, -0.15) is 0 Å². The van der Waals surface area contributed by atoms with Gasteiger partial charge in [0.15, 0.2) is 0 Å². The first-order valence-corrected chi connectivity index (χ1v) is 6.74. The normalized spacial score (nSPS) is 24.6. The lowest BCUT2D eigenvalue weighted by Crippen LogP contribution is -2.47. The summed E-state index contributed by atoms with van der Waals surface area (Å²) in [5.74, 6) is -0.799. The quantitative estimate of drug-likeness (QED) is 0.777. The lowest BCUT2D eigenvalue weighted by atomic mass is 9.84. The molecule has 6 nitrogen and oxygen atoms in total. The molecule has 2 N–H and O–H groups in total. The molecule has 2 unspecified atom stereocenters. The smallest absolute Gasteiger partial charge is 0.317 e. The maximum Gasteiger partial charge on any atom is 0.317 e. The molecule has 1 aliphatic heterocycles. The van der Waals surface area contributed by atoms with E-state index in [1.54, 1.807) is 4.90 Å². The molecule has 6 heteroatoms. The summed E-state index contributed by atoms with van der Waals surface area (Å²) in [6.07, 6.45) is 1.09. The van der Waals surface area contributed by atoms with Crippen molar-refractivity contribution in [1.82, 2.24) is 15.1 Å². The standard InChI is InChI=1S/C13H25N3O3/c1-5-13(11(17)18)6-7-16(9-13)12(19)14-10(2)8-15(3)4/h10H,5-9H2,1-4H3,(H,14,19)(H,17,18). The predicted molar refractivity (Wildman–Crippen MR) is 73.1 cm³/mol. The van der Waals surface area contributed by atoms with E-state index in [9.17, 15) is 14.7 Å². The van der Waals surface area contributed by atoms with Gasteiger partial charge in [0, 0.05) is 25.7 Å². The Bertz CT molecular complexity index is 346. The van der Waals surface area contributed by atoms with Crippen LogP contribution in [0.15, 0.2) is 0 Å². The highest BCUT2D eigenvalue weighted by Crippen LogP contribution is 2.34. The van der Waals surface area contributed by atoms with Crippen LogP contribution in [0.2, 0.25) is 0 Å².